The highest BCUT2D eigenvalue weighted by Gasteiger charge is 2.46. The largest absolute Gasteiger partial charge is 0.324 e. The molecule has 0 fully saturated rings. The molecular formula is C19H16INO2. The molecule has 0 bridgehead atoms. The molecule has 0 aromatic heterocycles. The van der Waals surface area contributed by atoms with Crippen LogP contribution in [0.2, 0.25) is 0 Å². The Morgan fingerprint density at radius 3 is 2.26 bits per heavy atom. The van der Waals surface area contributed by atoms with Crippen molar-refractivity contribution >= 4 is 39.9 Å². The van der Waals surface area contributed by atoms with Gasteiger partial charge in [0.05, 0.1) is 3.58 Å². The van der Waals surface area contributed by atoms with Crippen LogP contribution in [-0.2, 0) is 4.79 Å². The van der Waals surface area contributed by atoms with Gasteiger partial charge in [-0.3, -0.25) is 9.59 Å². The molecule has 3 nitrogen and oxygen atoms in total. The SMILES string of the molecule is C=C1C=CC2(C=C1)C(c1ccc(C(C)=O)cc1)=C(I)C(=O)N2C. The van der Waals surface area contributed by atoms with E-state index in [2.05, 4.69) is 29.2 Å². The molecule has 0 atom stereocenters. The molecule has 0 unspecified atom stereocenters. The number of likely N-dealkylation sites (N-methyl/N-ethyl adjacent to an activating group) is 1. The van der Waals surface area contributed by atoms with E-state index in [1.54, 1.807) is 31.0 Å². The van der Waals surface area contributed by atoms with Crippen LogP contribution in [0.25, 0.3) is 5.57 Å². The van der Waals surface area contributed by atoms with Crippen LogP contribution in [0.3, 0.4) is 0 Å². The van der Waals surface area contributed by atoms with Crippen molar-refractivity contribution in [3.8, 4) is 0 Å². The Balaban J connectivity index is 2.16. The third-order valence-electron chi connectivity index (χ3n) is 4.35. The summed E-state index contributed by atoms with van der Waals surface area (Å²) in [6.45, 7) is 5.47. The van der Waals surface area contributed by atoms with Crippen LogP contribution < -0.4 is 0 Å². The lowest BCUT2D eigenvalue weighted by atomic mass is 9.82. The number of hydrogen-bond acceptors (Lipinski definition) is 2. The molecule has 0 radical (unpaired) electrons. The van der Waals surface area contributed by atoms with Gasteiger partial charge in [0, 0.05) is 18.2 Å². The smallest absolute Gasteiger partial charge is 0.261 e. The normalized spacial score (nSPS) is 19.2. The zero-order valence-corrected chi connectivity index (χ0v) is 15.1. The maximum absolute atomic E-state index is 12.5. The molecule has 3 rings (SSSR count). The molecule has 1 heterocycles. The minimum atomic E-state index is -0.591. The molecule has 1 aromatic carbocycles. The average molecular weight is 417 g/mol. The van der Waals surface area contributed by atoms with Crippen LogP contribution >= 0.6 is 22.6 Å². The molecule has 116 valence electrons. The van der Waals surface area contributed by atoms with E-state index >= 15 is 0 Å². The molecule has 1 amide bonds. The highest BCUT2D eigenvalue weighted by molar-refractivity contribution is 14.1. The van der Waals surface area contributed by atoms with E-state index < -0.39 is 5.54 Å². The van der Waals surface area contributed by atoms with E-state index in [-0.39, 0.29) is 11.7 Å². The predicted molar refractivity (Wildman–Crippen MR) is 100 cm³/mol. The van der Waals surface area contributed by atoms with Crippen molar-refractivity contribution in [2.45, 2.75) is 12.5 Å². The monoisotopic (exact) mass is 417 g/mol. The zero-order chi connectivity index (χ0) is 16.8. The van der Waals surface area contributed by atoms with Gasteiger partial charge in [-0.05, 0) is 52.8 Å². The lowest BCUT2D eigenvalue weighted by molar-refractivity contribution is -0.125. The fourth-order valence-electron chi connectivity index (χ4n) is 2.96. The van der Waals surface area contributed by atoms with Gasteiger partial charge in [0.2, 0.25) is 0 Å². The third-order valence-corrected chi connectivity index (χ3v) is 5.35. The summed E-state index contributed by atoms with van der Waals surface area (Å²) in [6, 6.07) is 7.43. The Bertz CT molecular complexity index is 796. The summed E-state index contributed by atoms with van der Waals surface area (Å²) in [4.78, 5) is 25.7. The molecule has 0 saturated heterocycles. The van der Waals surface area contributed by atoms with Gasteiger partial charge in [0.15, 0.2) is 5.78 Å². The highest BCUT2D eigenvalue weighted by atomic mass is 127. The summed E-state index contributed by atoms with van der Waals surface area (Å²) < 4.78 is 0.697. The summed E-state index contributed by atoms with van der Waals surface area (Å²) >= 11 is 2.11. The number of hydrogen-bond donors (Lipinski definition) is 0. The molecule has 4 heteroatoms. The molecule has 0 N–H and O–H groups in total. The predicted octanol–water partition coefficient (Wildman–Crippen LogP) is 3.93. The molecule has 1 aliphatic heterocycles. The fourth-order valence-corrected chi connectivity index (χ4v) is 4.07. The summed E-state index contributed by atoms with van der Waals surface area (Å²) in [6.07, 6.45) is 7.88. The number of allylic oxidation sites excluding steroid dienone is 3. The van der Waals surface area contributed by atoms with Crippen LogP contribution in [0, 0.1) is 0 Å². The van der Waals surface area contributed by atoms with Crippen LogP contribution in [0.1, 0.15) is 22.8 Å². The molecule has 1 aromatic rings. The first-order valence-electron chi connectivity index (χ1n) is 7.24. The van der Waals surface area contributed by atoms with Gasteiger partial charge in [-0.1, -0.05) is 43.0 Å². The number of amides is 1. The highest BCUT2D eigenvalue weighted by Crippen LogP contribution is 2.46. The van der Waals surface area contributed by atoms with Crippen LogP contribution in [0.15, 0.2) is 64.3 Å². The van der Waals surface area contributed by atoms with Crippen molar-refractivity contribution in [3.05, 3.63) is 75.4 Å². The Labute approximate surface area is 149 Å². The van der Waals surface area contributed by atoms with Crippen molar-refractivity contribution in [1.29, 1.82) is 0 Å². The van der Waals surface area contributed by atoms with Gasteiger partial charge in [-0.2, -0.15) is 0 Å². The summed E-state index contributed by atoms with van der Waals surface area (Å²) in [5, 5.41) is 0. The van der Waals surface area contributed by atoms with Gasteiger partial charge in [0.1, 0.15) is 5.54 Å². The van der Waals surface area contributed by atoms with Crippen molar-refractivity contribution in [2.75, 3.05) is 7.05 Å². The Hall–Kier alpha value is -1.95. The zero-order valence-electron chi connectivity index (χ0n) is 13.0. The standard InChI is InChI=1S/C19H16INO2/c1-12-8-10-19(11-9-12)16(17(20)18(23)21(19)3)15-6-4-14(5-7-15)13(2)22/h4-11H,1H2,2-3H3. The number of nitrogens with zero attached hydrogens (tertiary/aromatic N) is 1. The maximum Gasteiger partial charge on any atom is 0.261 e. The van der Waals surface area contributed by atoms with E-state index in [0.717, 1.165) is 16.7 Å². The van der Waals surface area contributed by atoms with Crippen molar-refractivity contribution < 1.29 is 9.59 Å². The van der Waals surface area contributed by atoms with Crippen molar-refractivity contribution in [3.63, 3.8) is 0 Å². The molecular weight excluding hydrogens is 401 g/mol. The molecule has 23 heavy (non-hydrogen) atoms. The second kappa shape index (κ2) is 5.60. The van der Waals surface area contributed by atoms with Gasteiger partial charge < -0.3 is 4.90 Å². The first-order chi connectivity index (χ1) is 10.9. The summed E-state index contributed by atoms with van der Waals surface area (Å²) in [5.74, 6) is 0.0290. The molecule has 1 aliphatic carbocycles. The van der Waals surface area contributed by atoms with Crippen molar-refractivity contribution in [2.24, 2.45) is 0 Å². The number of carbonyl (C=O) groups is 2. The van der Waals surface area contributed by atoms with Gasteiger partial charge in [-0.15, -0.1) is 0 Å². The van der Waals surface area contributed by atoms with Crippen molar-refractivity contribution in [1.82, 2.24) is 4.90 Å². The fraction of sp³-hybridized carbons (Fsp3) is 0.158. The van der Waals surface area contributed by atoms with Crippen LogP contribution in [0.5, 0.6) is 0 Å². The van der Waals surface area contributed by atoms with Crippen LogP contribution in [0.4, 0.5) is 0 Å². The Morgan fingerprint density at radius 1 is 1.17 bits per heavy atom. The summed E-state index contributed by atoms with van der Waals surface area (Å²) in [7, 11) is 1.81. The summed E-state index contributed by atoms with van der Waals surface area (Å²) in [5.41, 5.74) is 2.87. The number of ketones is 1. The van der Waals surface area contributed by atoms with E-state index in [1.165, 1.54) is 0 Å². The van der Waals surface area contributed by atoms with E-state index in [4.69, 9.17) is 0 Å². The number of Topliss-reactive ketones (excluding diaryl/α,β-unsaturated/α-hetero) is 1. The van der Waals surface area contributed by atoms with Crippen LogP contribution in [-0.4, -0.2) is 29.2 Å². The number of benzene rings is 1. The Kier molecular flexibility index (Phi) is 3.88. The minimum Gasteiger partial charge on any atom is -0.324 e. The third kappa shape index (κ3) is 2.41. The second-order valence-electron chi connectivity index (χ2n) is 5.75. The first kappa shape index (κ1) is 15.9. The lowest BCUT2D eigenvalue weighted by Gasteiger charge is -2.35. The molecule has 0 saturated carbocycles. The number of rotatable bonds is 2. The van der Waals surface area contributed by atoms with E-state index in [0.29, 0.717) is 9.14 Å². The molecule has 2 aliphatic rings. The Morgan fingerprint density at radius 2 is 1.74 bits per heavy atom. The molecule has 1 spiro atoms. The van der Waals surface area contributed by atoms with Gasteiger partial charge >= 0.3 is 0 Å². The van der Waals surface area contributed by atoms with E-state index in [9.17, 15) is 9.59 Å². The maximum atomic E-state index is 12.5. The quantitative estimate of drug-likeness (QED) is 0.540. The minimum absolute atomic E-state index is 0.00180. The first-order valence-corrected chi connectivity index (χ1v) is 8.32. The number of carbonyl (C=O) groups excluding carboxylic acids is 2. The lowest BCUT2D eigenvalue weighted by Crippen LogP contribution is -2.42. The number of halogens is 1. The van der Waals surface area contributed by atoms with Gasteiger partial charge in [0.25, 0.3) is 5.91 Å². The average Bonchev–Trinajstić information content (AvgIpc) is 2.72. The second-order valence-corrected chi connectivity index (χ2v) is 6.83. The topological polar surface area (TPSA) is 37.4 Å². The van der Waals surface area contributed by atoms with E-state index in [1.807, 2.05) is 36.4 Å². The van der Waals surface area contributed by atoms with Gasteiger partial charge in [-0.25, -0.2) is 0 Å².